The third-order valence-corrected chi connectivity index (χ3v) is 6.77. The van der Waals surface area contributed by atoms with Crippen molar-refractivity contribution in [3.05, 3.63) is 119 Å². The standard InChI is InChI=1S/C34H32O5/c1-23-24(2)34(28-16-18-30(32(20-28)36-4)38-22-26-13-9-6-10-14-26)39-33(23)27-15-17-29(31(19-27)35-3)37-21-25-11-7-5-8-12-25/h5-20H,21-22H2,1-4H3. The maximum absolute atomic E-state index is 6.46. The van der Waals surface area contributed by atoms with Gasteiger partial charge in [-0.3, -0.25) is 0 Å². The largest absolute Gasteiger partial charge is 0.493 e. The van der Waals surface area contributed by atoms with E-state index < -0.39 is 0 Å². The fourth-order valence-corrected chi connectivity index (χ4v) is 4.47. The Morgan fingerprint density at radius 2 is 0.923 bits per heavy atom. The van der Waals surface area contributed by atoms with Crippen LogP contribution in [0, 0.1) is 13.8 Å². The highest BCUT2D eigenvalue weighted by molar-refractivity contribution is 5.74. The lowest BCUT2D eigenvalue weighted by Crippen LogP contribution is -1.97. The molecule has 0 N–H and O–H groups in total. The van der Waals surface area contributed by atoms with Crippen LogP contribution in [0.4, 0.5) is 0 Å². The summed E-state index contributed by atoms with van der Waals surface area (Å²) in [6.45, 7) is 5.07. The first-order chi connectivity index (χ1) is 19.1. The van der Waals surface area contributed by atoms with Crippen LogP contribution in [-0.2, 0) is 13.2 Å². The maximum Gasteiger partial charge on any atom is 0.161 e. The average molecular weight is 521 g/mol. The molecule has 0 aliphatic heterocycles. The van der Waals surface area contributed by atoms with E-state index in [4.69, 9.17) is 23.4 Å². The van der Waals surface area contributed by atoms with Crippen LogP contribution in [0.5, 0.6) is 23.0 Å². The molecular formula is C34H32O5. The molecule has 39 heavy (non-hydrogen) atoms. The minimum absolute atomic E-state index is 0.465. The molecule has 0 fully saturated rings. The number of hydrogen-bond donors (Lipinski definition) is 0. The molecule has 0 aliphatic carbocycles. The number of rotatable bonds is 10. The second-order valence-electron chi connectivity index (χ2n) is 9.29. The highest BCUT2D eigenvalue weighted by atomic mass is 16.5. The SMILES string of the molecule is COc1cc(-c2oc(-c3ccc(OCc4ccccc4)c(OC)c3)c(C)c2C)ccc1OCc1ccccc1. The Hall–Kier alpha value is -4.64. The Morgan fingerprint density at radius 1 is 0.513 bits per heavy atom. The topological polar surface area (TPSA) is 50.1 Å². The molecule has 0 spiro atoms. The van der Waals surface area contributed by atoms with Crippen LogP contribution in [0.3, 0.4) is 0 Å². The lowest BCUT2D eigenvalue weighted by Gasteiger charge is -2.12. The summed E-state index contributed by atoms with van der Waals surface area (Å²) in [6, 6.07) is 31.9. The van der Waals surface area contributed by atoms with Gasteiger partial charge in [-0.05, 0) is 72.5 Å². The van der Waals surface area contributed by atoms with Crippen molar-refractivity contribution in [2.45, 2.75) is 27.1 Å². The van der Waals surface area contributed by atoms with Gasteiger partial charge < -0.3 is 23.4 Å². The average Bonchev–Trinajstić information content (AvgIpc) is 3.29. The van der Waals surface area contributed by atoms with Crippen molar-refractivity contribution in [2.75, 3.05) is 14.2 Å². The van der Waals surface area contributed by atoms with Crippen molar-refractivity contribution in [1.82, 2.24) is 0 Å². The quantitative estimate of drug-likeness (QED) is 0.185. The van der Waals surface area contributed by atoms with Gasteiger partial charge in [0.2, 0.25) is 0 Å². The van der Waals surface area contributed by atoms with Crippen LogP contribution >= 0.6 is 0 Å². The Labute approximate surface area is 229 Å². The van der Waals surface area contributed by atoms with E-state index in [1.54, 1.807) is 14.2 Å². The minimum atomic E-state index is 0.465. The van der Waals surface area contributed by atoms with E-state index in [9.17, 15) is 0 Å². The molecule has 5 heteroatoms. The zero-order valence-electron chi connectivity index (χ0n) is 22.7. The molecule has 4 aromatic carbocycles. The molecule has 0 aliphatic rings. The van der Waals surface area contributed by atoms with E-state index in [1.807, 2.05) is 97.1 Å². The molecule has 1 aromatic heterocycles. The monoisotopic (exact) mass is 520 g/mol. The lowest BCUT2D eigenvalue weighted by molar-refractivity contribution is 0.284. The third-order valence-electron chi connectivity index (χ3n) is 6.77. The van der Waals surface area contributed by atoms with Crippen molar-refractivity contribution in [1.29, 1.82) is 0 Å². The molecule has 198 valence electrons. The van der Waals surface area contributed by atoms with E-state index in [0.717, 1.165) is 44.9 Å². The summed E-state index contributed by atoms with van der Waals surface area (Å²) in [7, 11) is 3.29. The fraction of sp³-hybridized carbons (Fsp3) is 0.176. The van der Waals surface area contributed by atoms with Crippen molar-refractivity contribution in [3.8, 4) is 45.6 Å². The summed E-state index contributed by atoms with van der Waals surface area (Å²) in [5, 5.41) is 0. The summed E-state index contributed by atoms with van der Waals surface area (Å²) in [6.07, 6.45) is 0. The van der Waals surface area contributed by atoms with Gasteiger partial charge in [-0.15, -0.1) is 0 Å². The normalized spacial score (nSPS) is 10.8. The van der Waals surface area contributed by atoms with Gasteiger partial charge in [0.05, 0.1) is 14.2 Å². The van der Waals surface area contributed by atoms with Crippen LogP contribution in [-0.4, -0.2) is 14.2 Å². The van der Waals surface area contributed by atoms with Crippen molar-refractivity contribution < 1.29 is 23.4 Å². The first kappa shape index (κ1) is 26.0. The number of methoxy groups -OCH3 is 2. The molecule has 5 aromatic rings. The van der Waals surface area contributed by atoms with Gasteiger partial charge in [0.15, 0.2) is 23.0 Å². The van der Waals surface area contributed by atoms with Crippen molar-refractivity contribution >= 4 is 0 Å². The van der Waals surface area contributed by atoms with Gasteiger partial charge in [0.25, 0.3) is 0 Å². The van der Waals surface area contributed by atoms with Crippen LogP contribution in [0.1, 0.15) is 22.3 Å². The number of furan rings is 1. The zero-order chi connectivity index (χ0) is 27.2. The zero-order valence-corrected chi connectivity index (χ0v) is 22.7. The molecular weight excluding hydrogens is 488 g/mol. The lowest BCUT2D eigenvalue weighted by atomic mass is 10.0. The molecule has 1 heterocycles. The smallest absolute Gasteiger partial charge is 0.161 e. The summed E-state index contributed by atoms with van der Waals surface area (Å²) in [5.74, 6) is 4.25. The molecule has 0 atom stereocenters. The Bertz CT molecular complexity index is 1420. The Morgan fingerprint density at radius 3 is 1.31 bits per heavy atom. The molecule has 5 rings (SSSR count). The second-order valence-corrected chi connectivity index (χ2v) is 9.29. The van der Waals surface area contributed by atoms with Crippen molar-refractivity contribution in [3.63, 3.8) is 0 Å². The van der Waals surface area contributed by atoms with Gasteiger partial charge in [-0.25, -0.2) is 0 Å². The van der Waals surface area contributed by atoms with Gasteiger partial charge in [-0.2, -0.15) is 0 Å². The maximum atomic E-state index is 6.46. The van der Waals surface area contributed by atoms with E-state index in [1.165, 1.54) is 0 Å². The summed E-state index contributed by atoms with van der Waals surface area (Å²) >= 11 is 0. The van der Waals surface area contributed by atoms with Crippen molar-refractivity contribution in [2.24, 2.45) is 0 Å². The molecule has 0 saturated carbocycles. The second kappa shape index (κ2) is 11.8. The summed E-state index contributed by atoms with van der Waals surface area (Å²) in [4.78, 5) is 0. The summed E-state index contributed by atoms with van der Waals surface area (Å²) < 4.78 is 29.9. The molecule has 5 nitrogen and oxygen atoms in total. The number of ether oxygens (including phenoxy) is 4. The first-order valence-corrected chi connectivity index (χ1v) is 12.9. The van der Waals surface area contributed by atoms with Gasteiger partial charge in [0, 0.05) is 11.1 Å². The molecule has 0 unspecified atom stereocenters. The third kappa shape index (κ3) is 5.78. The predicted molar refractivity (Wildman–Crippen MR) is 154 cm³/mol. The predicted octanol–water partition coefficient (Wildman–Crippen LogP) is 8.41. The summed E-state index contributed by atoms with van der Waals surface area (Å²) in [5.41, 5.74) is 6.15. The highest BCUT2D eigenvalue weighted by Gasteiger charge is 2.20. The van der Waals surface area contributed by atoms with E-state index in [0.29, 0.717) is 36.2 Å². The Balaban J connectivity index is 1.39. The molecule has 0 amide bonds. The number of benzene rings is 4. The van der Waals surface area contributed by atoms with Crippen LogP contribution in [0.25, 0.3) is 22.6 Å². The molecule has 0 saturated heterocycles. The van der Waals surface area contributed by atoms with Crippen LogP contribution < -0.4 is 18.9 Å². The van der Waals surface area contributed by atoms with E-state index in [-0.39, 0.29) is 0 Å². The van der Waals surface area contributed by atoms with Gasteiger partial charge >= 0.3 is 0 Å². The van der Waals surface area contributed by atoms with E-state index >= 15 is 0 Å². The fourth-order valence-electron chi connectivity index (χ4n) is 4.47. The minimum Gasteiger partial charge on any atom is -0.493 e. The van der Waals surface area contributed by atoms with Crippen LogP contribution in [0.2, 0.25) is 0 Å². The molecule has 0 radical (unpaired) electrons. The Kier molecular flexibility index (Phi) is 7.88. The highest BCUT2D eigenvalue weighted by Crippen LogP contribution is 2.41. The first-order valence-electron chi connectivity index (χ1n) is 12.9. The molecule has 0 bridgehead atoms. The number of hydrogen-bond acceptors (Lipinski definition) is 5. The van der Waals surface area contributed by atoms with E-state index in [2.05, 4.69) is 13.8 Å². The van der Waals surface area contributed by atoms with Gasteiger partial charge in [0.1, 0.15) is 24.7 Å². The van der Waals surface area contributed by atoms with Crippen LogP contribution in [0.15, 0.2) is 101 Å². The van der Waals surface area contributed by atoms with Gasteiger partial charge in [-0.1, -0.05) is 60.7 Å².